The Labute approximate surface area is 122 Å². The van der Waals surface area contributed by atoms with E-state index in [-0.39, 0.29) is 5.91 Å². The standard InChI is InChI=1S/C15H28N2O3/c1-4-14(3)16-8-6-10-19-12-13-20-11-7-9-17-15(18)5-2/h4-5,14,16H,1-2,6-13H2,3H3,(H,17,18). The molecule has 0 aliphatic heterocycles. The van der Waals surface area contributed by atoms with Crippen LogP contribution in [-0.2, 0) is 14.3 Å². The minimum absolute atomic E-state index is 0.146. The first-order chi connectivity index (χ1) is 9.70. The van der Waals surface area contributed by atoms with Crippen LogP contribution >= 0.6 is 0 Å². The molecule has 0 heterocycles. The number of rotatable bonds is 14. The summed E-state index contributed by atoms with van der Waals surface area (Å²) in [5, 5.41) is 5.99. The van der Waals surface area contributed by atoms with E-state index in [1.807, 2.05) is 6.08 Å². The van der Waals surface area contributed by atoms with E-state index in [9.17, 15) is 4.79 Å². The zero-order valence-electron chi connectivity index (χ0n) is 12.5. The number of hydrogen-bond acceptors (Lipinski definition) is 4. The van der Waals surface area contributed by atoms with Crippen molar-refractivity contribution in [2.45, 2.75) is 25.8 Å². The SMILES string of the molecule is C=CC(=O)NCCCOCCOCCCNC(C)C=C. The van der Waals surface area contributed by atoms with Crippen LogP contribution in [0.5, 0.6) is 0 Å². The van der Waals surface area contributed by atoms with Gasteiger partial charge in [0.25, 0.3) is 0 Å². The highest BCUT2D eigenvalue weighted by molar-refractivity contribution is 5.86. The van der Waals surface area contributed by atoms with Gasteiger partial charge in [-0.25, -0.2) is 0 Å². The lowest BCUT2D eigenvalue weighted by molar-refractivity contribution is -0.116. The lowest BCUT2D eigenvalue weighted by Crippen LogP contribution is -2.25. The van der Waals surface area contributed by atoms with Gasteiger partial charge in [-0.3, -0.25) is 4.79 Å². The highest BCUT2D eigenvalue weighted by Crippen LogP contribution is 1.87. The molecule has 0 saturated carbocycles. The molecule has 20 heavy (non-hydrogen) atoms. The maximum atomic E-state index is 10.8. The Morgan fingerprint density at radius 1 is 1.10 bits per heavy atom. The summed E-state index contributed by atoms with van der Waals surface area (Å²) in [7, 11) is 0. The molecule has 5 heteroatoms. The Kier molecular flexibility index (Phi) is 13.4. The van der Waals surface area contributed by atoms with Crippen LogP contribution in [0.25, 0.3) is 0 Å². The van der Waals surface area contributed by atoms with Gasteiger partial charge in [0, 0.05) is 25.8 Å². The number of nitrogens with one attached hydrogen (secondary N) is 2. The second-order valence-electron chi connectivity index (χ2n) is 4.41. The van der Waals surface area contributed by atoms with Gasteiger partial charge < -0.3 is 20.1 Å². The first-order valence-electron chi connectivity index (χ1n) is 7.12. The third-order valence-electron chi connectivity index (χ3n) is 2.61. The molecule has 116 valence electrons. The molecule has 1 amide bonds. The zero-order valence-corrected chi connectivity index (χ0v) is 12.5. The Morgan fingerprint density at radius 3 is 2.25 bits per heavy atom. The molecule has 0 saturated heterocycles. The summed E-state index contributed by atoms with van der Waals surface area (Å²) >= 11 is 0. The van der Waals surface area contributed by atoms with Gasteiger partial charge in [-0.05, 0) is 32.4 Å². The quantitative estimate of drug-likeness (QED) is 0.286. The summed E-state index contributed by atoms with van der Waals surface area (Å²) in [5.74, 6) is -0.146. The molecule has 0 rings (SSSR count). The van der Waals surface area contributed by atoms with Gasteiger partial charge in [0.15, 0.2) is 0 Å². The molecule has 2 N–H and O–H groups in total. The predicted molar refractivity (Wildman–Crippen MR) is 81.7 cm³/mol. The van der Waals surface area contributed by atoms with Crippen molar-refractivity contribution >= 4 is 5.91 Å². The van der Waals surface area contributed by atoms with Crippen LogP contribution in [0.1, 0.15) is 19.8 Å². The number of carbonyl (C=O) groups is 1. The van der Waals surface area contributed by atoms with Crippen LogP contribution in [0.15, 0.2) is 25.3 Å². The molecule has 0 bridgehead atoms. The average molecular weight is 284 g/mol. The number of amides is 1. The molecule has 0 aromatic carbocycles. The van der Waals surface area contributed by atoms with Crippen LogP contribution in [0.2, 0.25) is 0 Å². The highest BCUT2D eigenvalue weighted by atomic mass is 16.5. The monoisotopic (exact) mass is 284 g/mol. The Hall–Kier alpha value is -1.17. The van der Waals surface area contributed by atoms with Crippen molar-refractivity contribution in [3.63, 3.8) is 0 Å². The average Bonchev–Trinajstić information content (AvgIpc) is 2.47. The van der Waals surface area contributed by atoms with Gasteiger partial charge in [-0.2, -0.15) is 0 Å². The second-order valence-corrected chi connectivity index (χ2v) is 4.41. The summed E-state index contributed by atoms with van der Waals surface area (Å²) in [4.78, 5) is 10.8. The van der Waals surface area contributed by atoms with Gasteiger partial charge in [-0.15, -0.1) is 6.58 Å². The summed E-state index contributed by atoms with van der Waals surface area (Å²) < 4.78 is 10.8. The first kappa shape index (κ1) is 18.8. The van der Waals surface area contributed by atoms with Crippen molar-refractivity contribution in [3.05, 3.63) is 25.3 Å². The summed E-state index contributed by atoms with van der Waals surface area (Å²) in [6.45, 7) is 13.2. The predicted octanol–water partition coefficient (Wildman–Crippen LogP) is 1.27. The number of ether oxygens (including phenoxy) is 2. The van der Waals surface area contributed by atoms with E-state index in [2.05, 4.69) is 30.7 Å². The summed E-state index contributed by atoms with van der Waals surface area (Å²) in [6, 6.07) is 0.347. The second kappa shape index (κ2) is 14.2. The Balaban J connectivity index is 3.08. The van der Waals surface area contributed by atoms with E-state index in [1.165, 1.54) is 6.08 Å². The zero-order chi connectivity index (χ0) is 15.1. The number of carbonyl (C=O) groups excluding carboxylic acids is 1. The van der Waals surface area contributed by atoms with Gasteiger partial charge >= 0.3 is 0 Å². The fourth-order valence-corrected chi connectivity index (χ4v) is 1.37. The van der Waals surface area contributed by atoms with E-state index in [4.69, 9.17) is 9.47 Å². The fourth-order valence-electron chi connectivity index (χ4n) is 1.37. The summed E-state index contributed by atoms with van der Waals surface area (Å²) in [6.07, 6.45) is 4.92. The van der Waals surface area contributed by atoms with Crippen molar-refractivity contribution < 1.29 is 14.3 Å². The molecule has 0 aromatic heterocycles. The van der Waals surface area contributed by atoms with Crippen molar-refractivity contribution in [3.8, 4) is 0 Å². The maximum absolute atomic E-state index is 10.8. The maximum Gasteiger partial charge on any atom is 0.243 e. The minimum atomic E-state index is -0.146. The van der Waals surface area contributed by atoms with Crippen molar-refractivity contribution in [1.82, 2.24) is 10.6 Å². The largest absolute Gasteiger partial charge is 0.379 e. The van der Waals surface area contributed by atoms with Crippen LogP contribution in [0, 0.1) is 0 Å². The molecule has 0 aliphatic carbocycles. The van der Waals surface area contributed by atoms with Gasteiger partial charge in [0.2, 0.25) is 5.91 Å². The van der Waals surface area contributed by atoms with E-state index < -0.39 is 0 Å². The Bertz CT molecular complexity index is 270. The molecular formula is C15H28N2O3. The van der Waals surface area contributed by atoms with Crippen molar-refractivity contribution in [2.24, 2.45) is 0 Å². The van der Waals surface area contributed by atoms with E-state index in [0.29, 0.717) is 32.4 Å². The normalized spacial score (nSPS) is 11.8. The minimum Gasteiger partial charge on any atom is -0.379 e. The smallest absolute Gasteiger partial charge is 0.243 e. The topological polar surface area (TPSA) is 59.6 Å². The van der Waals surface area contributed by atoms with Crippen molar-refractivity contribution in [2.75, 3.05) is 39.5 Å². The third kappa shape index (κ3) is 13.3. The van der Waals surface area contributed by atoms with E-state index >= 15 is 0 Å². The third-order valence-corrected chi connectivity index (χ3v) is 2.61. The molecule has 5 nitrogen and oxygen atoms in total. The van der Waals surface area contributed by atoms with Gasteiger partial charge in [0.05, 0.1) is 13.2 Å². The van der Waals surface area contributed by atoms with Crippen LogP contribution in [-0.4, -0.2) is 51.5 Å². The molecule has 0 fully saturated rings. The molecular weight excluding hydrogens is 256 g/mol. The lowest BCUT2D eigenvalue weighted by Gasteiger charge is -2.09. The first-order valence-corrected chi connectivity index (χ1v) is 7.12. The molecule has 1 atom stereocenters. The van der Waals surface area contributed by atoms with Crippen LogP contribution < -0.4 is 10.6 Å². The van der Waals surface area contributed by atoms with E-state index in [1.54, 1.807) is 0 Å². The number of hydrogen-bond donors (Lipinski definition) is 2. The molecule has 0 aliphatic rings. The van der Waals surface area contributed by atoms with Gasteiger partial charge in [0.1, 0.15) is 0 Å². The molecule has 1 unspecified atom stereocenters. The van der Waals surface area contributed by atoms with Crippen LogP contribution in [0.3, 0.4) is 0 Å². The van der Waals surface area contributed by atoms with Gasteiger partial charge in [-0.1, -0.05) is 12.7 Å². The molecule has 0 spiro atoms. The fraction of sp³-hybridized carbons (Fsp3) is 0.667. The molecule has 0 radical (unpaired) electrons. The molecule has 0 aromatic rings. The lowest BCUT2D eigenvalue weighted by atomic mass is 10.3. The highest BCUT2D eigenvalue weighted by Gasteiger charge is 1.95. The summed E-state index contributed by atoms with van der Waals surface area (Å²) in [5.41, 5.74) is 0. The van der Waals surface area contributed by atoms with Crippen molar-refractivity contribution in [1.29, 1.82) is 0 Å². The van der Waals surface area contributed by atoms with E-state index in [0.717, 1.165) is 26.0 Å². The van der Waals surface area contributed by atoms with Crippen LogP contribution in [0.4, 0.5) is 0 Å². The Morgan fingerprint density at radius 2 is 1.70 bits per heavy atom.